The molecule has 1 amide bonds. The van der Waals surface area contributed by atoms with Crippen LogP contribution >= 0.6 is 0 Å². The number of carbonyl (C=O) groups excluding carboxylic acids is 1. The molecule has 0 radical (unpaired) electrons. The summed E-state index contributed by atoms with van der Waals surface area (Å²) >= 11 is 0. The Morgan fingerprint density at radius 1 is 1.24 bits per heavy atom. The number of piperidine rings is 1. The zero-order valence-electron chi connectivity index (χ0n) is 15.1. The number of carbonyl (C=O) groups is 1. The van der Waals surface area contributed by atoms with Crippen molar-refractivity contribution in [3.8, 4) is 0 Å². The van der Waals surface area contributed by atoms with E-state index in [-0.39, 0.29) is 11.9 Å². The molecule has 2 atom stereocenters. The van der Waals surface area contributed by atoms with Crippen molar-refractivity contribution in [2.45, 2.75) is 51.7 Å². The number of likely N-dealkylation sites (tertiary alicyclic amines) is 1. The van der Waals surface area contributed by atoms with Gasteiger partial charge in [0.2, 0.25) is 5.91 Å². The first-order valence-corrected chi connectivity index (χ1v) is 9.07. The number of rotatable bonds is 5. The molecule has 0 bridgehead atoms. The Hall–Kier alpha value is -2.20. The smallest absolute Gasteiger partial charge is 0.217 e. The number of aryl methyl sites for hydroxylation is 1. The molecule has 3 rings (SSSR count). The maximum absolute atomic E-state index is 11.7. The minimum Gasteiger partial charge on any atom is -0.352 e. The van der Waals surface area contributed by atoms with Gasteiger partial charge in [-0.1, -0.05) is 36.4 Å². The molecule has 4 nitrogen and oxygen atoms in total. The molecular formula is C21H27N3O. The van der Waals surface area contributed by atoms with Crippen molar-refractivity contribution in [1.82, 2.24) is 15.2 Å². The van der Waals surface area contributed by atoms with Gasteiger partial charge in [-0.3, -0.25) is 14.7 Å². The molecule has 132 valence electrons. The zero-order valence-corrected chi connectivity index (χ0v) is 15.1. The number of nitrogens with one attached hydrogen (secondary N) is 1. The van der Waals surface area contributed by atoms with E-state index >= 15 is 0 Å². The number of pyridine rings is 1. The number of hydrogen-bond donors (Lipinski definition) is 1. The molecular weight excluding hydrogens is 310 g/mol. The summed E-state index contributed by atoms with van der Waals surface area (Å²) < 4.78 is 0. The van der Waals surface area contributed by atoms with Gasteiger partial charge >= 0.3 is 0 Å². The standard InChI is InChI=1S/C21H27N3O/c1-16-11-19(14-22-13-16)15-24-10-6-9-20(23-17(2)25)21(24)12-18-7-4-3-5-8-18/h3-5,7-8,11,13-14,20-21H,6,9-10,12,15H2,1-2H3,(H,23,25)/t20-,21-/m0/s1. The fourth-order valence-electron chi connectivity index (χ4n) is 3.82. The molecule has 0 aliphatic carbocycles. The number of hydrogen-bond acceptors (Lipinski definition) is 3. The van der Waals surface area contributed by atoms with Crippen LogP contribution in [0.25, 0.3) is 0 Å². The van der Waals surface area contributed by atoms with Crippen molar-refractivity contribution in [3.05, 3.63) is 65.5 Å². The number of aromatic nitrogens is 1. The van der Waals surface area contributed by atoms with Crippen molar-refractivity contribution >= 4 is 5.91 Å². The van der Waals surface area contributed by atoms with E-state index in [9.17, 15) is 4.79 Å². The highest BCUT2D eigenvalue weighted by molar-refractivity contribution is 5.73. The van der Waals surface area contributed by atoms with E-state index in [4.69, 9.17) is 0 Å². The Morgan fingerprint density at radius 3 is 2.76 bits per heavy atom. The predicted molar refractivity (Wildman–Crippen MR) is 100 cm³/mol. The molecule has 1 N–H and O–H groups in total. The van der Waals surface area contributed by atoms with Crippen LogP contribution in [0.4, 0.5) is 0 Å². The number of benzene rings is 1. The number of nitrogens with zero attached hydrogens (tertiary/aromatic N) is 2. The van der Waals surface area contributed by atoms with E-state index in [1.807, 2.05) is 18.5 Å². The molecule has 1 aliphatic heterocycles. The third-order valence-electron chi connectivity index (χ3n) is 4.89. The molecule has 0 saturated carbocycles. The van der Waals surface area contributed by atoms with Gasteiger partial charge in [0.25, 0.3) is 0 Å². The van der Waals surface area contributed by atoms with E-state index in [0.717, 1.165) is 32.4 Å². The fraction of sp³-hybridized carbons (Fsp3) is 0.429. The summed E-state index contributed by atoms with van der Waals surface area (Å²) in [5.74, 6) is 0.0575. The van der Waals surface area contributed by atoms with Gasteiger partial charge in [0.1, 0.15) is 0 Å². The summed E-state index contributed by atoms with van der Waals surface area (Å²) in [7, 11) is 0. The highest BCUT2D eigenvalue weighted by Gasteiger charge is 2.32. The van der Waals surface area contributed by atoms with Crippen LogP contribution in [0.5, 0.6) is 0 Å². The lowest BCUT2D eigenvalue weighted by atomic mass is 9.90. The second-order valence-corrected chi connectivity index (χ2v) is 7.05. The van der Waals surface area contributed by atoms with Crippen molar-refractivity contribution in [1.29, 1.82) is 0 Å². The van der Waals surface area contributed by atoms with Crippen molar-refractivity contribution in [3.63, 3.8) is 0 Å². The zero-order chi connectivity index (χ0) is 17.6. The molecule has 4 heteroatoms. The molecule has 1 aliphatic rings. The molecule has 1 saturated heterocycles. The molecule has 1 aromatic heterocycles. The maximum atomic E-state index is 11.7. The summed E-state index contributed by atoms with van der Waals surface area (Å²) in [6, 6.07) is 13.3. The van der Waals surface area contributed by atoms with Crippen LogP contribution < -0.4 is 5.32 Å². The predicted octanol–water partition coefficient (Wildman–Crippen LogP) is 3.10. The van der Waals surface area contributed by atoms with Gasteiger partial charge < -0.3 is 5.32 Å². The molecule has 0 unspecified atom stereocenters. The van der Waals surface area contributed by atoms with Gasteiger partial charge in [-0.05, 0) is 49.4 Å². The summed E-state index contributed by atoms with van der Waals surface area (Å²) in [6.07, 6.45) is 6.94. The third-order valence-corrected chi connectivity index (χ3v) is 4.89. The quantitative estimate of drug-likeness (QED) is 0.912. The molecule has 25 heavy (non-hydrogen) atoms. The molecule has 2 heterocycles. The average molecular weight is 337 g/mol. The normalized spacial score (nSPS) is 21.0. The maximum Gasteiger partial charge on any atom is 0.217 e. The Morgan fingerprint density at radius 2 is 2.04 bits per heavy atom. The van der Waals surface area contributed by atoms with Gasteiger partial charge in [0, 0.05) is 37.9 Å². The highest BCUT2D eigenvalue weighted by atomic mass is 16.1. The number of amides is 1. The molecule has 1 fully saturated rings. The fourth-order valence-corrected chi connectivity index (χ4v) is 3.82. The first-order valence-electron chi connectivity index (χ1n) is 9.07. The highest BCUT2D eigenvalue weighted by Crippen LogP contribution is 2.23. The molecule has 2 aromatic rings. The first kappa shape index (κ1) is 17.6. The second-order valence-electron chi connectivity index (χ2n) is 7.05. The average Bonchev–Trinajstić information content (AvgIpc) is 2.58. The third kappa shape index (κ3) is 4.89. The van der Waals surface area contributed by atoms with Crippen molar-refractivity contribution < 1.29 is 4.79 Å². The van der Waals surface area contributed by atoms with Crippen LogP contribution in [0.3, 0.4) is 0 Å². The van der Waals surface area contributed by atoms with Crippen LogP contribution in [0, 0.1) is 6.92 Å². The lowest BCUT2D eigenvalue weighted by molar-refractivity contribution is -0.120. The molecule has 0 spiro atoms. The van der Waals surface area contributed by atoms with E-state index in [2.05, 4.69) is 52.5 Å². The topological polar surface area (TPSA) is 45.2 Å². The minimum atomic E-state index is 0.0575. The Kier molecular flexibility index (Phi) is 5.82. The lowest BCUT2D eigenvalue weighted by Crippen LogP contribution is -2.55. The van der Waals surface area contributed by atoms with Gasteiger partial charge in [-0.25, -0.2) is 0 Å². The van der Waals surface area contributed by atoms with Gasteiger partial charge in [-0.2, -0.15) is 0 Å². The summed E-state index contributed by atoms with van der Waals surface area (Å²) in [4.78, 5) is 18.5. The van der Waals surface area contributed by atoms with Crippen molar-refractivity contribution in [2.75, 3.05) is 6.54 Å². The van der Waals surface area contributed by atoms with Crippen LogP contribution in [0.15, 0.2) is 48.8 Å². The Bertz CT molecular complexity index is 701. The second kappa shape index (κ2) is 8.26. The monoisotopic (exact) mass is 337 g/mol. The van der Waals surface area contributed by atoms with E-state index in [1.165, 1.54) is 16.7 Å². The Labute approximate surface area is 150 Å². The van der Waals surface area contributed by atoms with Crippen LogP contribution in [-0.4, -0.2) is 34.4 Å². The summed E-state index contributed by atoms with van der Waals surface area (Å²) in [6.45, 7) is 5.63. The summed E-state index contributed by atoms with van der Waals surface area (Å²) in [5.41, 5.74) is 3.74. The van der Waals surface area contributed by atoms with Gasteiger partial charge in [0.05, 0.1) is 0 Å². The van der Waals surface area contributed by atoms with E-state index < -0.39 is 0 Å². The van der Waals surface area contributed by atoms with Crippen molar-refractivity contribution in [2.24, 2.45) is 0 Å². The lowest BCUT2D eigenvalue weighted by Gasteiger charge is -2.42. The summed E-state index contributed by atoms with van der Waals surface area (Å²) in [5, 5.41) is 3.18. The molecule has 1 aromatic carbocycles. The first-order chi connectivity index (χ1) is 12.1. The SMILES string of the molecule is CC(=O)N[C@H]1CCCN(Cc2cncc(C)c2)[C@H]1Cc1ccccc1. The van der Waals surface area contributed by atoms with Crippen LogP contribution in [0.1, 0.15) is 36.5 Å². The van der Waals surface area contributed by atoms with Gasteiger partial charge in [0.15, 0.2) is 0 Å². The van der Waals surface area contributed by atoms with Crippen LogP contribution in [0.2, 0.25) is 0 Å². The van der Waals surface area contributed by atoms with E-state index in [0.29, 0.717) is 6.04 Å². The largest absolute Gasteiger partial charge is 0.352 e. The van der Waals surface area contributed by atoms with E-state index in [1.54, 1.807) is 6.92 Å². The minimum absolute atomic E-state index is 0.0575. The Balaban J connectivity index is 1.81. The van der Waals surface area contributed by atoms with Crippen LogP contribution in [-0.2, 0) is 17.8 Å². The van der Waals surface area contributed by atoms with Gasteiger partial charge in [-0.15, -0.1) is 0 Å².